The topological polar surface area (TPSA) is 84.5 Å². The SMILES string of the molecule is Cn1nc(C(C)(C)C)cc1C(=O)N1CCCN(Cc2cccc([N+](=O)[O-])c2)CC1. The molecule has 1 aromatic heterocycles. The fourth-order valence-electron chi connectivity index (χ4n) is 3.55. The van der Waals surface area contributed by atoms with Gasteiger partial charge in [0, 0.05) is 57.3 Å². The highest BCUT2D eigenvalue weighted by atomic mass is 16.6. The van der Waals surface area contributed by atoms with Crippen molar-refractivity contribution in [1.82, 2.24) is 19.6 Å². The van der Waals surface area contributed by atoms with Crippen LogP contribution in [0.15, 0.2) is 30.3 Å². The normalized spacial score (nSPS) is 15.9. The maximum atomic E-state index is 13.1. The number of nitro benzene ring substituents is 1. The zero-order valence-electron chi connectivity index (χ0n) is 17.6. The van der Waals surface area contributed by atoms with Crippen molar-refractivity contribution in [3.05, 3.63) is 57.4 Å². The summed E-state index contributed by atoms with van der Waals surface area (Å²) >= 11 is 0. The van der Waals surface area contributed by atoms with E-state index in [0.29, 0.717) is 25.3 Å². The second-order valence-corrected chi connectivity index (χ2v) is 8.64. The van der Waals surface area contributed by atoms with Gasteiger partial charge in [-0.1, -0.05) is 32.9 Å². The third-order valence-corrected chi connectivity index (χ3v) is 5.27. The molecule has 1 aliphatic rings. The number of carbonyl (C=O) groups excluding carboxylic acids is 1. The number of benzene rings is 1. The average molecular weight is 399 g/mol. The molecule has 156 valence electrons. The minimum atomic E-state index is -0.369. The summed E-state index contributed by atoms with van der Waals surface area (Å²) < 4.78 is 1.68. The summed E-state index contributed by atoms with van der Waals surface area (Å²) in [6, 6.07) is 8.65. The number of amides is 1. The van der Waals surface area contributed by atoms with Crippen LogP contribution in [0, 0.1) is 10.1 Å². The van der Waals surface area contributed by atoms with Crippen molar-refractivity contribution < 1.29 is 9.72 Å². The van der Waals surface area contributed by atoms with E-state index < -0.39 is 0 Å². The average Bonchev–Trinajstić information content (AvgIpc) is 2.91. The van der Waals surface area contributed by atoms with Crippen LogP contribution < -0.4 is 0 Å². The monoisotopic (exact) mass is 399 g/mol. The highest BCUT2D eigenvalue weighted by Crippen LogP contribution is 2.22. The maximum Gasteiger partial charge on any atom is 0.272 e. The molecule has 0 spiro atoms. The van der Waals surface area contributed by atoms with Gasteiger partial charge in [0.15, 0.2) is 0 Å². The molecular formula is C21H29N5O3. The lowest BCUT2D eigenvalue weighted by atomic mass is 9.92. The van der Waals surface area contributed by atoms with Gasteiger partial charge < -0.3 is 4.90 Å². The Morgan fingerprint density at radius 1 is 1.17 bits per heavy atom. The van der Waals surface area contributed by atoms with Crippen molar-refractivity contribution in [2.24, 2.45) is 7.05 Å². The molecule has 0 saturated carbocycles. The van der Waals surface area contributed by atoms with E-state index in [4.69, 9.17) is 0 Å². The van der Waals surface area contributed by atoms with Gasteiger partial charge in [-0.25, -0.2) is 0 Å². The largest absolute Gasteiger partial charge is 0.336 e. The van der Waals surface area contributed by atoms with Crippen LogP contribution in [-0.2, 0) is 19.0 Å². The molecule has 1 aromatic carbocycles. The maximum absolute atomic E-state index is 13.1. The van der Waals surface area contributed by atoms with E-state index in [2.05, 4.69) is 30.8 Å². The standard InChI is InChI=1S/C21H29N5O3/c1-21(2,3)19-14-18(23(4)22-19)20(27)25-10-6-9-24(11-12-25)15-16-7-5-8-17(13-16)26(28)29/h5,7-8,13-14H,6,9-12,15H2,1-4H3. The van der Waals surface area contributed by atoms with Gasteiger partial charge in [0.2, 0.25) is 0 Å². The Bertz CT molecular complexity index is 900. The first-order valence-corrected chi connectivity index (χ1v) is 9.94. The van der Waals surface area contributed by atoms with Gasteiger partial charge >= 0.3 is 0 Å². The highest BCUT2D eigenvalue weighted by molar-refractivity contribution is 5.92. The lowest BCUT2D eigenvalue weighted by Crippen LogP contribution is -2.36. The Balaban J connectivity index is 1.65. The molecule has 2 aromatic rings. The van der Waals surface area contributed by atoms with Crippen LogP contribution >= 0.6 is 0 Å². The molecule has 1 aliphatic heterocycles. The molecule has 0 bridgehead atoms. The van der Waals surface area contributed by atoms with Crippen LogP contribution in [0.3, 0.4) is 0 Å². The molecular weight excluding hydrogens is 370 g/mol. The summed E-state index contributed by atoms with van der Waals surface area (Å²) in [5, 5.41) is 15.5. The summed E-state index contributed by atoms with van der Waals surface area (Å²) in [5.74, 6) is 0.00713. The lowest BCUT2D eigenvalue weighted by molar-refractivity contribution is -0.384. The fraction of sp³-hybridized carbons (Fsp3) is 0.524. The summed E-state index contributed by atoms with van der Waals surface area (Å²) in [7, 11) is 1.81. The van der Waals surface area contributed by atoms with Gasteiger partial charge in [0.05, 0.1) is 10.6 Å². The van der Waals surface area contributed by atoms with E-state index in [0.717, 1.165) is 30.8 Å². The number of aryl methyl sites for hydroxylation is 1. The molecule has 1 amide bonds. The van der Waals surface area contributed by atoms with Gasteiger partial charge in [-0.05, 0) is 18.1 Å². The number of non-ortho nitro benzene ring substituents is 1. The first kappa shape index (κ1) is 21.0. The molecule has 1 fully saturated rings. The van der Waals surface area contributed by atoms with E-state index in [9.17, 15) is 14.9 Å². The van der Waals surface area contributed by atoms with Crippen LogP contribution in [0.4, 0.5) is 5.69 Å². The zero-order chi connectivity index (χ0) is 21.2. The Kier molecular flexibility index (Phi) is 6.02. The van der Waals surface area contributed by atoms with Crippen LogP contribution in [0.1, 0.15) is 48.9 Å². The van der Waals surface area contributed by atoms with E-state index in [-0.39, 0.29) is 21.9 Å². The Morgan fingerprint density at radius 3 is 2.59 bits per heavy atom. The summed E-state index contributed by atoms with van der Waals surface area (Å²) in [6.45, 7) is 9.81. The van der Waals surface area contributed by atoms with Crippen molar-refractivity contribution in [3.63, 3.8) is 0 Å². The van der Waals surface area contributed by atoms with Gasteiger partial charge in [-0.15, -0.1) is 0 Å². The Morgan fingerprint density at radius 2 is 1.93 bits per heavy atom. The van der Waals surface area contributed by atoms with Crippen LogP contribution in [0.25, 0.3) is 0 Å². The molecule has 8 heteroatoms. The predicted octanol–water partition coefficient (Wildman–Crippen LogP) is 2.97. The van der Waals surface area contributed by atoms with E-state index >= 15 is 0 Å². The Labute approximate surface area is 171 Å². The predicted molar refractivity (Wildman–Crippen MR) is 111 cm³/mol. The lowest BCUT2D eigenvalue weighted by Gasteiger charge is -2.22. The molecule has 3 rings (SSSR count). The quantitative estimate of drug-likeness (QED) is 0.583. The minimum absolute atomic E-state index is 0.00713. The third kappa shape index (κ3) is 5.00. The van der Waals surface area contributed by atoms with Crippen molar-refractivity contribution in [2.45, 2.75) is 39.2 Å². The number of nitro groups is 1. The molecule has 0 unspecified atom stereocenters. The first-order valence-electron chi connectivity index (χ1n) is 9.94. The number of nitrogens with zero attached hydrogens (tertiary/aromatic N) is 5. The minimum Gasteiger partial charge on any atom is -0.336 e. The van der Waals surface area contributed by atoms with E-state index in [1.54, 1.807) is 16.8 Å². The molecule has 1 saturated heterocycles. The van der Waals surface area contributed by atoms with Crippen molar-refractivity contribution in [2.75, 3.05) is 26.2 Å². The molecule has 0 aliphatic carbocycles. The van der Waals surface area contributed by atoms with Crippen molar-refractivity contribution in [1.29, 1.82) is 0 Å². The highest BCUT2D eigenvalue weighted by Gasteiger charge is 2.26. The molecule has 0 atom stereocenters. The number of carbonyl (C=O) groups is 1. The number of hydrogen-bond acceptors (Lipinski definition) is 5. The van der Waals surface area contributed by atoms with Crippen LogP contribution in [0.5, 0.6) is 0 Å². The smallest absolute Gasteiger partial charge is 0.272 e. The Hall–Kier alpha value is -2.74. The second-order valence-electron chi connectivity index (χ2n) is 8.64. The van der Waals surface area contributed by atoms with Gasteiger partial charge in [0.25, 0.3) is 11.6 Å². The number of hydrogen-bond donors (Lipinski definition) is 0. The molecule has 0 N–H and O–H groups in total. The van der Waals surface area contributed by atoms with Crippen LogP contribution in [-0.4, -0.2) is 56.6 Å². The summed E-state index contributed by atoms with van der Waals surface area (Å²) in [6.07, 6.45) is 0.866. The van der Waals surface area contributed by atoms with Gasteiger partial charge in [-0.3, -0.25) is 24.5 Å². The molecule has 0 radical (unpaired) electrons. The second kappa shape index (κ2) is 8.32. The zero-order valence-corrected chi connectivity index (χ0v) is 17.6. The van der Waals surface area contributed by atoms with Crippen molar-refractivity contribution >= 4 is 11.6 Å². The van der Waals surface area contributed by atoms with Crippen molar-refractivity contribution in [3.8, 4) is 0 Å². The molecule has 29 heavy (non-hydrogen) atoms. The molecule has 8 nitrogen and oxygen atoms in total. The van der Waals surface area contributed by atoms with Gasteiger partial charge in [0.1, 0.15) is 5.69 Å². The third-order valence-electron chi connectivity index (χ3n) is 5.27. The van der Waals surface area contributed by atoms with Crippen LogP contribution in [0.2, 0.25) is 0 Å². The number of rotatable bonds is 4. The first-order chi connectivity index (χ1) is 13.6. The van der Waals surface area contributed by atoms with Gasteiger partial charge in [-0.2, -0.15) is 5.10 Å². The summed E-state index contributed by atoms with van der Waals surface area (Å²) in [4.78, 5) is 27.8. The van der Waals surface area contributed by atoms with E-state index in [1.165, 1.54) is 6.07 Å². The number of aromatic nitrogens is 2. The molecule has 2 heterocycles. The van der Waals surface area contributed by atoms with E-state index in [1.807, 2.05) is 24.1 Å². The fourth-order valence-corrected chi connectivity index (χ4v) is 3.55. The summed E-state index contributed by atoms with van der Waals surface area (Å²) in [5.41, 5.74) is 2.44.